The average Bonchev–Trinajstić information content (AvgIpc) is 2.87. The first-order valence-corrected chi connectivity index (χ1v) is 8.33. The fraction of sp³-hybridized carbons (Fsp3) is 0.733. The van der Waals surface area contributed by atoms with Gasteiger partial charge in [-0.2, -0.15) is 0 Å². The van der Waals surface area contributed by atoms with Gasteiger partial charge < -0.3 is 10.0 Å². The largest absolute Gasteiger partial charge is 0.390 e. The van der Waals surface area contributed by atoms with Crippen LogP contribution in [0.5, 0.6) is 0 Å². The molecule has 0 unspecified atom stereocenters. The molecule has 1 aromatic rings. The second-order valence-corrected chi connectivity index (χ2v) is 7.16. The maximum atomic E-state index is 10.8. The van der Waals surface area contributed by atoms with E-state index >= 15 is 0 Å². The Labute approximate surface area is 128 Å². The lowest BCUT2D eigenvalue weighted by Gasteiger charge is -2.44. The zero-order valence-corrected chi connectivity index (χ0v) is 13.5. The van der Waals surface area contributed by atoms with E-state index in [9.17, 15) is 5.11 Å². The number of nitrogens with zero attached hydrogens (tertiary/aromatic N) is 3. The molecule has 1 aliphatic heterocycles. The Hall–Kier alpha value is -0.680. The van der Waals surface area contributed by atoms with E-state index in [4.69, 9.17) is 0 Å². The summed E-state index contributed by atoms with van der Waals surface area (Å²) >= 11 is 3.56. The first kappa shape index (κ1) is 14.3. The molecule has 2 heterocycles. The number of aromatic nitrogens is 2. The second kappa shape index (κ2) is 5.60. The van der Waals surface area contributed by atoms with Crippen molar-refractivity contribution in [2.24, 2.45) is 5.92 Å². The highest BCUT2D eigenvalue weighted by atomic mass is 79.9. The van der Waals surface area contributed by atoms with Crippen LogP contribution in [0.3, 0.4) is 0 Å². The molecule has 110 valence electrons. The van der Waals surface area contributed by atoms with Crippen molar-refractivity contribution in [3.05, 3.63) is 17.0 Å². The predicted molar refractivity (Wildman–Crippen MR) is 82.7 cm³/mol. The molecule has 4 nitrogen and oxygen atoms in total. The Morgan fingerprint density at radius 2 is 2.20 bits per heavy atom. The third-order valence-corrected chi connectivity index (χ3v) is 5.49. The van der Waals surface area contributed by atoms with Gasteiger partial charge in [-0.15, -0.1) is 0 Å². The van der Waals surface area contributed by atoms with Gasteiger partial charge in [-0.25, -0.2) is 9.97 Å². The first-order valence-electron chi connectivity index (χ1n) is 7.54. The molecule has 1 aliphatic carbocycles. The van der Waals surface area contributed by atoms with Crippen LogP contribution in [-0.4, -0.2) is 33.3 Å². The third-order valence-electron chi connectivity index (χ3n) is 4.93. The Kier molecular flexibility index (Phi) is 4.00. The van der Waals surface area contributed by atoms with Gasteiger partial charge >= 0.3 is 0 Å². The van der Waals surface area contributed by atoms with Gasteiger partial charge in [0.2, 0.25) is 0 Å². The van der Waals surface area contributed by atoms with Crippen molar-refractivity contribution in [2.45, 2.75) is 57.1 Å². The summed E-state index contributed by atoms with van der Waals surface area (Å²) < 4.78 is 0.947. The summed E-state index contributed by atoms with van der Waals surface area (Å²) in [6.45, 7) is 3.04. The van der Waals surface area contributed by atoms with Crippen LogP contribution in [0.15, 0.2) is 17.0 Å². The molecule has 0 bridgehead atoms. The van der Waals surface area contributed by atoms with Crippen LogP contribution in [0.1, 0.15) is 45.4 Å². The van der Waals surface area contributed by atoms with Gasteiger partial charge in [0.25, 0.3) is 0 Å². The zero-order valence-electron chi connectivity index (χ0n) is 11.9. The van der Waals surface area contributed by atoms with Crippen molar-refractivity contribution in [3.8, 4) is 0 Å². The molecule has 0 radical (unpaired) electrons. The summed E-state index contributed by atoms with van der Waals surface area (Å²) in [6.07, 6.45) is 10.2. The maximum Gasteiger partial charge on any atom is 0.146 e. The highest BCUT2D eigenvalue weighted by Gasteiger charge is 2.43. The van der Waals surface area contributed by atoms with E-state index < -0.39 is 5.60 Å². The van der Waals surface area contributed by atoms with Gasteiger partial charge in [0.1, 0.15) is 12.1 Å². The van der Waals surface area contributed by atoms with Crippen molar-refractivity contribution in [3.63, 3.8) is 0 Å². The molecule has 5 heteroatoms. The summed E-state index contributed by atoms with van der Waals surface area (Å²) in [6, 6.07) is 0.400. The number of halogens is 1. The minimum Gasteiger partial charge on any atom is -0.390 e. The summed E-state index contributed by atoms with van der Waals surface area (Å²) in [5.41, 5.74) is -0.537. The fourth-order valence-electron chi connectivity index (χ4n) is 3.94. The lowest BCUT2D eigenvalue weighted by molar-refractivity contribution is -0.0411. The van der Waals surface area contributed by atoms with Crippen LogP contribution >= 0.6 is 15.9 Å². The number of aliphatic hydroxyl groups is 1. The van der Waals surface area contributed by atoms with E-state index in [0.717, 1.165) is 42.5 Å². The first-order chi connectivity index (χ1) is 9.59. The Morgan fingerprint density at radius 1 is 1.35 bits per heavy atom. The molecule has 3 atom stereocenters. The van der Waals surface area contributed by atoms with Crippen molar-refractivity contribution in [1.82, 2.24) is 9.97 Å². The topological polar surface area (TPSA) is 49.2 Å². The standard InChI is InChI=1S/C15H22BrN3O/c1-15(20)7-3-2-5-11(15)13-6-4-8-19(13)14-12(16)9-17-10-18-14/h9-11,13,20H,2-8H2,1H3/t11-,13+,15+/m1/s1. The number of hydrogen-bond acceptors (Lipinski definition) is 4. The Balaban J connectivity index is 1.87. The molecule has 0 aromatic carbocycles. The number of anilines is 1. The predicted octanol–water partition coefficient (Wildman–Crippen LogP) is 3.15. The van der Waals surface area contributed by atoms with Crippen LogP contribution in [-0.2, 0) is 0 Å². The quantitative estimate of drug-likeness (QED) is 0.899. The van der Waals surface area contributed by atoms with Gasteiger partial charge in [-0.05, 0) is 48.5 Å². The van der Waals surface area contributed by atoms with Gasteiger partial charge in [0.15, 0.2) is 0 Å². The molecule has 1 saturated carbocycles. The van der Waals surface area contributed by atoms with E-state index in [-0.39, 0.29) is 0 Å². The maximum absolute atomic E-state index is 10.8. The highest BCUT2D eigenvalue weighted by Crippen LogP contribution is 2.42. The van der Waals surface area contributed by atoms with Crippen LogP contribution in [0, 0.1) is 5.92 Å². The summed E-state index contributed by atoms with van der Waals surface area (Å²) in [5.74, 6) is 1.32. The van der Waals surface area contributed by atoms with Gasteiger partial charge in [0.05, 0.1) is 10.1 Å². The normalized spacial score (nSPS) is 34.5. The SMILES string of the molecule is C[C@]1(O)CCCC[C@@H]1[C@@H]1CCCN1c1ncncc1Br. The molecular weight excluding hydrogens is 318 g/mol. The summed E-state index contributed by atoms with van der Waals surface area (Å²) in [7, 11) is 0. The molecule has 1 N–H and O–H groups in total. The van der Waals surface area contributed by atoms with Crippen LogP contribution in [0.4, 0.5) is 5.82 Å². The van der Waals surface area contributed by atoms with Gasteiger partial charge in [0, 0.05) is 24.7 Å². The molecule has 3 rings (SSSR count). The van der Waals surface area contributed by atoms with Crippen LogP contribution in [0.25, 0.3) is 0 Å². The minimum atomic E-state index is -0.537. The second-order valence-electron chi connectivity index (χ2n) is 6.31. The smallest absolute Gasteiger partial charge is 0.146 e. The number of rotatable bonds is 2. The van der Waals surface area contributed by atoms with E-state index in [1.807, 2.05) is 6.92 Å². The molecule has 0 spiro atoms. The highest BCUT2D eigenvalue weighted by molar-refractivity contribution is 9.10. The van der Waals surface area contributed by atoms with E-state index in [0.29, 0.717) is 12.0 Å². The zero-order chi connectivity index (χ0) is 14.2. The number of hydrogen-bond donors (Lipinski definition) is 1. The summed E-state index contributed by atoms with van der Waals surface area (Å²) in [5, 5.41) is 10.8. The van der Waals surface area contributed by atoms with Crippen molar-refractivity contribution >= 4 is 21.7 Å². The molecule has 2 fully saturated rings. The van der Waals surface area contributed by atoms with Crippen LogP contribution in [0.2, 0.25) is 0 Å². The molecular formula is C15H22BrN3O. The molecule has 1 aromatic heterocycles. The molecule has 20 heavy (non-hydrogen) atoms. The van der Waals surface area contributed by atoms with E-state index in [2.05, 4.69) is 30.8 Å². The summed E-state index contributed by atoms with van der Waals surface area (Å²) in [4.78, 5) is 10.9. The molecule has 1 saturated heterocycles. The Bertz CT molecular complexity index is 480. The minimum absolute atomic E-state index is 0.348. The fourth-order valence-corrected chi connectivity index (χ4v) is 4.39. The lowest BCUT2D eigenvalue weighted by Crippen LogP contribution is -2.49. The van der Waals surface area contributed by atoms with Crippen molar-refractivity contribution in [2.75, 3.05) is 11.4 Å². The van der Waals surface area contributed by atoms with Crippen molar-refractivity contribution in [1.29, 1.82) is 0 Å². The average molecular weight is 340 g/mol. The lowest BCUT2D eigenvalue weighted by atomic mass is 9.72. The third kappa shape index (κ3) is 2.58. The van der Waals surface area contributed by atoms with Crippen LogP contribution < -0.4 is 4.90 Å². The molecule has 2 aliphatic rings. The monoisotopic (exact) mass is 339 g/mol. The van der Waals surface area contributed by atoms with Gasteiger partial charge in [-0.1, -0.05) is 12.8 Å². The van der Waals surface area contributed by atoms with E-state index in [1.165, 1.54) is 12.8 Å². The molecule has 0 amide bonds. The Morgan fingerprint density at radius 3 is 2.95 bits per heavy atom. The van der Waals surface area contributed by atoms with Crippen molar-refractivity contribution < 1.29 is 5.11 Å². The van der Waals surface area contributed by atoms with Gasteiger partial charge in [-0.3, -0.25) is 0 Å². The van der Waals surface area contributed by atoms with E-state index in [1.54, 1.807) is 12.5 Å².